The summed E-state index contributed by atoms with van der Waals surface area (Å²) in [6, 6.07) is 16.1. The molecule has 0 atom stereocenters. The fourth-order valence-corrected chi connectivity index (χ4v) is 2.50. The number of thioether (sulfide) groups is 1. The summed E-state index contributed by atoms with van der Waals surface area (Å²) in [7, 11) is 0. The summed E-state index contributed by atoms with van der Waals surface area (Å²) in [6.45, 7) is 0. The Morgan fingerprint density at radius 3 is 2.31 bits per heavy atom. The average molecular weight is 269 g/mol. The van der Waals surface area contributed by atoms with E-state index in [9.17, 15) is 0 Å². The first-order valence-corrected chi connectivity index (χ1v) is 6.61. The van der Waals surface area contributed by atoms with E-state index in [0.29, 0.717) is 10.0 Å². The van der Waals surface area contributed by atoms with Gasteiger partial charge in [0.05, 0.1) is 10.0 Å². The van der Waals surface area contributed by atoms with Gasteiger partial charge in [-0.3, -0.25) is 0 Å². The van der Waals surface area contributed by atoms with Crippen LogP contribution in [0.25, 0.3) is 0 Å². The molecule has 0 aromatic heterocycles. The average Bonchev–Trinajstić information content (AvgIpc) is 2.32. The fourth-order valence-electron chi connectivity index (χ4n) is 1.31. The van der Waals surface area contributed by atoms with Gasteiger partial charge in [0.1, 0.15) is 0 Å². The second kappa shape index (κ2) is 5.62. The summed E-state index contributed by atoms with van der Waals surface area (Å²) in [5.74, 6) is 0.904. The lowest BCUT2D eigenvalue weighted by molar-refractivity contribution is 1.38. The summed E-state index contributed by atoms with van der Waals surface area (Å²) in [5, 5.41) is 1.22. The zero-order valence-electron chi connectivity index (χ0n) is 8.49. The van der Waals surface area contributed by atoms with Crippen LogP contribution in [0.15, 0.2) is 53.4 Å². The van der Waals surface area contributed by atoms with Gasteiger partial charge in [-0.15, -0.1) is 11.8 Å². The zero-order chi connectivity index (χ0) is 11.4. The van der Waals surface area contributed by atoms with Gasteiger partial charge >= 0.3 is 0 Å². The highest BCUT2D eigenvalue weighted by Gasteiger charge is 2.00. The van der Waals surface area contributed by atoms with E-state index in [2.05, 4.69) is 12.1 Å². The van der Waals surface area contributed by atoms with Crippen molar-refractivity contribution >= 4 is 35.0 Å². The van der Waals surface area contributed by atoms with Crippen LogP contribution in [0, 0.1) is 0 Å². The van der Waals surface area contributed by atoms with Crippen molar-refractivity contribution in [3.63, 3.8) is 0 Å². The van der Waals surface area contributed by atoms with E-state index < -0.39 is 0 Å². The minimum Gasteiger partial charge on any atom is -0.121 e. The molecule has 82 valence electrons. The molecule has 0 amide bonds. The van der Waals surface area contributed by atoms with Gasteiger partial charge in [-0.2, -0.15) is 0 Å². The van der Waals surface area contributed by atoms with E-state index in [0.717, 1.165) is 5.75 Å². The lowest BCUT2D eigenvalue weighted by atomic mass is 10.2. The van der Waals surface area contributed by atoms with Gasteiger partial charge in [-0.05, 0) is 29.8 Å². The minimum absolute atomic E-state index is 0.607. The van der Waals surface area contributed by atoms with Crippen LogP contribution in [0.3, 0.4) is 0 Å². The summed E-state index contributed by atoms with van der Waals surface area (Å²) in [6.07, 6.45) is 0. The van der Waals surface area contributed by atoms with Crippen LogP contribution in [0.1, 0.15) is 5.56 Å². The maximum absolute atomic E-state index is 5.95. The standard InChI is InChI=1S/C13H10Cl2S/c14-12-7-6-10(8-13(12)15)9-16-11-4-2-1-3-5-11/h1-8H,9H2. The number of hydrogen-bond donors (Lipinski definition) is 0. The molecule has 16 heavy (non-hydrogen) atoms. The van der Waals surface area contributed by atoms with Crippen LogP contribution in [0.4, 0.5) is 0 Å². The summed E-state index contributed by atoms with van der Waals surface area (Å²) in [5.41, 5.74) is 1.18. The Morgan fingerprint density at radius 2 is 1.62 bits per heavy atom. The quantitative estimate of drug-likeness (QED) is 0.682. The summed E-state index contributed by atoms with van der Waals surface area (Å²) in [4.78, 5) is 1.26. The fraction of sp³-hybridized carbons (Fsp3) is 0.0769. The molecule has 0 heterocycles. The largest absolute Gasteiger partial charge is 0.121 e. The van der Waals surface area contributed by atoms with Crippen LogP contribution in [-0.4, -0.2) is 0 Å². The Labute approximate surface area is 110 Å². The molecule has 0 radical (unpaired) electrons. The van der Waals surface area contributed by atoms with E-state index in [1.54, 1.807) is 11.8 Å². The monoisotopic (exact) mass is 268 g/mol. The lowest BCUT2D eigenvalue weighted by Gasteiger charge is -2.03. The van der Waals surface area contributed by atoms with Crippen LogP contribution < -0.4 is 0 Å². The van der Waals surface area contributed by atoms with E-state index in [-0.39, 0.29) is 0 Å². The van der Waals surface area contributed by atoms with Gasteiger partial charge in [0.15, 0.2) is 0 Å². The highest BCUT2D eigenvalue weighted by Crippen LogP contribution is 2.27. The van der Waals surface area contributed by atoms with Crippen molar-refractivity contribution in [2.75, 3.05) is 0 Å². The van der Waals surface area contributed by atoms with E-state index in [1.165, 1.54) is 10.5 Å². The SMILES string of the molecule is Clc1ccc(CSc2ccccc2)cc1Cl. The second-order valence-corrected chi connectivity index (χ2v) is 5.21. The van der Waals surface area contributed by atoms with E-state index in [1.807, 2.05) is 36.4 Å². The molecule has 0 saturated heterocycles. The Kier molecular flexibility index (Phi) is 4.16. The molecule has 0 N–H and O–H groups in total. The number of benzene rings is 2. The predicted molar refractivity (Wildman–Crippen MR) is 72.5 cm³/mol. The van der Waals surface area contributed by atoms with Gasteiger partial charge in [0, 0.05) is 10.6 Å². The highest BCUT2D eigenvalue weighted by molar-refractivity contribution is 7.98. The number of hydrogen-bond acceptors (Lipinski definition) is 1. The van der Waals surface area contributed by atoms with Crippen molar-refractivity contribution in [1.82, 2.24) is 0 Å². The molecule has 2 aromatic carbocycles. The van der Waals surface area contributed by atoms with Crippen LogP contribution >= 0.6 is 35.0 Å². The first kappa shape index (κ1) is 11.8. The molecule has 0 bridgehead atoms. The van der Waals surface area contributed by atoms with Crippen molar-refractivity contribution in [3.05, 3.63) is 64.1 Å². The molecule has 0 unspecified atom stereocenters. The van der Waals surface area contributed by atoms with Gasteiger partial charge in [0.2, 0.25) is 0 Å². The van der Waals surface area contributed by atoms with Crippen molar-refractivity contribution in [2.45, 2.75) is 10.6 Å². The van der Waals surface area contributed by atoms with Crippen LogP contribution in [0.5, 0.6) is 0 Å². The molecule has 0 nitrogen and oxygen atoms in total. The first-order chi connectivity index (χ1) is 7.75. The Morgan fingerprint density at radius 1 is 0.875 bits per heavy atom. The molecule has 0 fully saturated rings. The molecular weight excluding hydrogens is 259 g/mol. The third kappa shape index (κ3) is 3.18. The Hall–Kier alpha value is -0.630. The third-order valence-electron chi connectivity index (χ3n) is 2.13. The molecule has 0 spiro atoms. The first-order valence-electron chi connectivity index (χ1n) is 4.87. The zero-order valence-corrected chi connectivity index (χ0v) is 10.8. The molecule has 2 rings (SSSR count). The van der Waals surface area contributed by atoms with Gasteiger partial charge in [0.25, 0.3) is 0 Å². The normalized spacial score (nSPS) is 10.4. The number of rotatable bonds is 3. The van der Waals surface area contributed by atoms with Crippen LogP contribution in [-0.2, 0) is 5.75 Å². The summed E-state index contributed by atoms with van der Waals surface area (Å²) >= 11 is 13.6. The van der Waals surface area contributed by atoms with Crippen molar-refractivity contribution < 1.29 is 0 Å². The molecule has 2 aromatic rings. The molecule has 0 saturated carbocycles. The summed E-state index contributed by atoms with van der Waals surface area (Å²) < 4.78 is 0. The Bertz CT molecular complexity index is 469. The van der Waals surface area contributed by atoms with Gasteiger partial charge < -0.3 is 0 Å². The smallest absolute Gasteiger partial charge is 0.0595 e. The molecule has 0 aliphatic heterocycles. The highest BCUT2D eigenvalue weighted by atomic mass is 35.5. The van der Waals surface area contributed by atoms with Gasteiger partial charge in [-0.1, -0.05) is 47.5 Å². The molecule has 0 aliphatic rings. The van der Waals surface area contributed by atoms with Crippen molar-refractivity contribution in [1.29, 1.82) is 0 Å². The van der Waals surface area contributed by atoms with E-state index in [4.69, 9.17) is 23.2 Å². The van der Waals surface area contributed by atoms with Crippen LogP contribution in [0.2, 0.25) is 10.0 Å². The van der Waals surface area contributed by atoms with E-state index >= 15 is 0 Å². The minimum atomic E-state index is 0.607. The van der Waals surface area contributed by atoms with Crippen molar-refractivity contribution in [3.8, 4) is 0 Å². The number of halogens is 2. The molecular formula is C13H10Cl2S. The molecule has 3 heteroatoms. The molecule has 0 aliphatic carbocycles. The predicted octanol–water partition coefficient (Wildman–Crippen LogP) is 5.29. The van der Waals surface area contributed by atoms with Crippen molar-refractivity contribution in [2.24, 2.45) is 0 Å². The third-order valence-corrected chi connectivity index (χ3v) is 3.95. The Balaban J connectivity index is 2.03. The second-order valence-electron chi connectivity index (χ2n) is 3.35. The topological polar surface area (TPSA) is 0 Å². The maximum atomic E-state index is 5.95. The maximum Gasteiger partial charge on any atom is 0.0595 e. The van der Waals surface area contributed by atoms with Gasteiger partial charge in [-0.25, -0.2) is 0 Å². The lowest BCUT2D eigenvalue weighted by Crippen LogP contribution is -1.81.